The van der Waals surface area contributed by atoms with Crippen molar-refractivity contribution in [2.45, 2.75) is 6.92 Å². The lowest BCUT2D eigenvalue weighted by Gasteiger charge is -2.13. The van der Waals surface area contributed by atoms with E-state index >= 15 is 0 Å². The summed E-state index contributed by atoms with van der Waals surface area (Å²) in [4.78, 5) is 0. The van der Waals surface area contributed by atoms with Crippen molar-refractivity contribution in [1.82, 2.24) is 0 Å². The second-order valence-corrected chi connectivity index (χ2v) is 5.25. The van der Waals surface area contributed by atoms with Crippen molar-refractivity contribution < 1.29 is 0 Å². The van der Waals surface area contributed by atoms with E-state index in [1.54, 1.807) is 0 Å². The zero-order chi connectivity index (χ0) is 14.8. The van der Waals surface area contributed by atoms with Crippen LogP contribution in [0.1, 0.15) is 16.7 Å². The molecule has 0 saturated carbocycles. The molecule has 3 aromatic carbocycles. The molecule has 0 N–H and O–H groups in total. The number of hydrogen-bond acceptors (Lipinski definition) is 0. The van der Waals surface area contributed by atoms with Crippen molar-refractivity contribution in [2.24, 2.45) is 0 Å². The lowest BCUT2D eigenvalue weighted by atomic mass is 9.91. The molecule has 0 saturated heterocycles. The van der Waals surface area contributed by atoms with Crippen LogP contribution in [0.5, 0.6) is 0 Å². The van der Waals surface area contributed by atoms with Gasteiger partial charge in [0.1, 0.15) is 0 Å². The standard InChI is InChI=1S/C21H18/c1-4-16-14-21(17-12-10-15(3)11-13-17)20-9-7-6-8-19(20)18(16)5-2/h4-14H,1-2H2,3H3. The Morgan fingerprint density at radius 3 is 2.10 bits per heavy atom. The molecule has 0 heteroatoms. The quantitative estimate of drug-likeness (QED) is 0.539. The summed E-state index contributed by atoms with van der Waals surface area (Å²) in [6.45, 7) is 10.0. The topological polar surface area (TPSA) is 0 Å². The van der Waals surface area contributed by atoms with E-state index in [0.717, 1.165) is 11.1 Å². The Labute approximate surface area is 126 Å². The number of aryl methyl sites for hydroxylation is 1. The molecule has 0 unspecified atom stereocenters. The summed E-state index contributed by atoms with van der Waals surface area (Å²) in [7, 11) is 0. The molecule has 21 heavy (non-hydrogen) atoms. The first-order valence-corrected chi connectivity index (χ1v) is 7.12. The summed E-state index contributed by atoms with van der Waals surface area (Å²) in [6, 6.07) is 19.3. The Morgan fingerprint density at radius 2 is 1.48 bits per heavy atom. The van der Waals surface area contributed by atoms with Crippen molar-refractivity contribution in [1.29, 1.82) is 0 Å². The maximum Gasteiger partial charge on any atom is -0.00990 e. The summed E-state index contributed by atoms with van der Waals surface area (Å²) in [5.41, 5.74) is 6.02. The van der Waals surface area contributed by atoms with Gasteiger partial charge in [-0.15, -0.1) is 0 Å². The van der Waals surface area contributed by atoms with Crippen LogP contribution in [0.2, 0.25) is 0 Å². The van der Waals surface area contributed by atoms with Gasteiger partial charge < -0.3 is 0 Å². The molecule has 0 aliphatic carbocycles. The number of fused-ring (bicyclic) bond motifs is 1. The van der Waals surface area contributed by atoms with Gasteiger partial charge in [0.15, 0.2) is 0 Å². The van der Waals surface area contributed by atoms with Crippen molar-refractivity contribution in [3.63, 3.8) is 0 Å². The van der Waals surface area contributed by atoms with Crippen LogP contribution in [0, 0.1) is 6.92 Å². The van der Waals surface area contributed by atoms with Gasteiger partial charge in [0, 0.05) is 0 Å². The van der Waals surface area contributed by atoms with Gasteiger partial charge in [0.2, 0.25) is 0 Å². The molecule has 0 atom stereocenters. The minimum Gasteiger partial charge on any atom is -0.0984 e. The average Bonchev–Trinajstić information content (AvgIpc) is 2.54. The van der Waals surface area contributed by atoms with Gasteiger partial charge in [0.25, 0.3) is 0 Å². The van der Waals surface area contributed by atoms with Gasteiger partial charge in [-0.3, -0.25) is 0 Å². The molecule has 0 aromatic heterocycles. The molecule has 0 aliphatic heterocycles. The first-order valence-electron chi connectivity index (χ1n) is 7.12. The van der Waals surface area contributed by atoms with E-state index in [-0.39, 0.29) is 0 Å². The van der Waals surface area contributed by atoms with E-state index in [1.807, 2.05) is 12.2 Å². The molecule has 0 heterocycles. The van der Waals surface area contributed by atoms with Crippen LogP contribution in [-0.2, 0) is 0 Å². The molecule has 0 aliphatic rings. The molecule has 0 nitrogen and oxygen atoms in total. The van der Waals surface area contributed by atoms with Gasteiger partial charge >= 0.3 is 0 Å². The van der Waals surface area contributed by atoms with Crippen LogP contribution in [0.25, 0.3) is 34.1 Å². The molecule has 3 rings (SSSR count). The monoisotopic (exact) mass is 270 g/mol. The second-order valence-electron chi connectivity index (χ2n) is 5.25. The summed E-state index contributed by atoms with van der Waals surface area (Å²) in [5.74, 6) is 0. The number of hydrogen-bond donors (Lipinski definition) is 0. The Kier molecular flexibility index (Phi) is 3.45. The minimum atomic E-state index is 1.12. The maximum atomic E-state index is 3.96. The Bertz CT molecular complexity index is 821. The third kappa shape index (κ3) is 2.30. The molecular formula is C21H18. The first kappa shape index (κ1) is 13.4. The van der Waals surface area contributed by atoms with Gasteiger partial charge in [-0.05, 0) is 46.0 Å². The minimum absolute atomic E-state index is 1.12. The Hall–Kier alpha value is -2.60. The van der Waals surface area contributed by atoms with Crippen molar-refractivity contribution >= 4 is 22.9 Å². The first-order chi connectivity index (χ1) is 10.2. The summed E-state index contributed by atoms with van der Waals surface area (Å²) in [6.07, 6.45) is 3.82. The maximum absolute atomic E-state index is 3.96. The molecule has 0 amide bonds. The van der Waals surface area contributed by atoms with Gasteiger partial charge in [-0.25, -0.2) is 0 Å². The molecule has 3 aromatic rings. The third-order valence-electron chi connectivity index (χ3n) is 3.90. The largest absolute Gasteiger partial charge is 0.0984 e. The third-order valence-corrected chi connectivity index (χ3v) is 3.90. The van der Waals surface area contributed by atoms with E-state index in [2.05, 4.69) is 74.7 Å². The fourth-order valence-electron chi connectivity index (χ4n) is 2.79. The lowest BCUT2D eigenvalue weighted by molar-refractivity contribution is 1.47. The van der Waals surface area contributed by atoms with Crippen molar-refractivity contribution in [2.75, 3.05) is 0 Å². The predicted octanol–water partition coefficient (Wildman–Crippen LogP) is 6.10. The number of benzene rings is 3. The molecule has 0 radical (unpaired) electrons. The normalized spacial score (nSPS) is 10.5. The summed E-state index contributed by atoms with van der Waals surface area (Å²) >= 11 is 0. The highest BCUT2D eigenvalue weighted by molar-refractivity contribution is 6.03. The second kappa shape index (κ2) is 5.41. The highest BCUT2D eigenvalue weighted by Gasteiger charge is 2.09. The fourth-order valence-corrected chi connectivity index (χ4v) is 2.79. The lowest BCUT2D eigenvalue weighted by Crippen LogP contribution is -1.89. The van der Waals surface area contributed by atoms with Crippen molar-refractivity contribution in [3.05, 3.63) is 84.4 Å². The van der Waals surface area contributed by atoms with E-state index in [4.69, 9.17) is 0 Å². The van der Waals surface area contributed by atoms with E-state index in [1.165, 1.54) is 27.5 Å². The van der Waals surface area contributed by atoms with Gasteiger partial charge in [-0.2, -0.15) is 0 Å². The zero-order valence-corrected chi connectivity index (χ0v) is 12.3. The van der Waals surface area contributed by atoms with Crippen LogP contribution in [-0.4, -0.2) is 0 Å². The van der Waals surface area contributed by atoms with Crippen LogP contribution in [0.15, 0.2) is 67.8 Å². The van der Waals surface area contributed by atoms with E-state index < -0.39 is 0 Å². The number of rotatable bonds is 3. The predicted molar refractivity (Wildman–Crippen MR) is 94.3 cm³/mol. The molecule has 0 fully saturated rings. The molecular weight excluding hydrogens is 252 g/mol. The fraction of sp³-hybridized carbons (Fsp3) is 0.0476. The van der Waals surface area contributed by atoms with Gasteiger partial charge in [-0.1, -0.05) is 79.4 Å². The van der Waals surface area contributed by atoms with Crippen molar-refractivity contribution in [3.8, 4) is 11.1 Å². The molecule has 102 valence electrons. The average molecular weight is 270 g/mol. The van der Waals surface area contributed by atoms with Gasteiger partial charge in [0.05, 0.1) is 0 Å². The highest BCUT2D eigenvalue weighted by Crippen LogP contribution is 2.34. The van der Waals surface area contributed by atoms with Crippen LogP contribution < -0.4 is 0 Å². The Balaban J connectivity index is 2.40. The van der Waals surface area contributed by atoms with E-state index in [0.29, 0.717) is 0 Å². The van der Waals surface area contributed by atoms with Crippen LogP contribution >= 0.6 is 0 Å². The highest BCUT2D eigenvalue weighted by atomic mass is 14.1. The van der Waals surface area contributed by atoms with Crippen LogP contribution in [0.3, 0.4) is 0 Å². The molecule has 0 spiro atoms. The Morgan fingerprint density at radius 1 is 0.810 bits per heavy atom. The SMILES string of the molecule is C=Cc1cc(-c2ccc(C)cc2)c2ccccc2c1C=C. The van der Waals surface area contributed by atoms with E-state index in [9.17, 15) is 0 Å². The zero-order valence-electron chi connectivity index (χ0n) is 12.3. The van der Waals surface area contributed by atoms with Crippen LogP contribution in [0.4, 0.5) is 0 Å². The summed E-state index contributed by atoms with van der Waals surface area (Å²) in [5, 5.41) is 2.47. The summed E-state index contributed by atoms with van der Waals surface area (Å²) < 4.78 is 0. The smallest absolute Gasteiger partial charge is 0.00990 e. The molecule has 0 bridgehead atoms.